The molecule has 0 saturated heterocycles. The summed E-state index contributed by atoms with van der Waals surface area (Å²) in [7, 11) is 0. The van der Waals surface area contributed by atoms with Crippen molar-refractivity contribution in [2.45, 2.75) is 40.2 Å². The number of aldehydes is 1. The summed E-state index contributed by atoms with van der Waals surface area (Å²) < 4.78 is 5.81. The fourth-order valence-electron chi connectivity index (χ4n) is 1.52. The van der Waals surface area contributed by atoms with Crippen molar-refractivity contribution >= 4 is 6.29 Å². The van der Waals surface area contributed by atoms with Crippen LogP contribution in [-0.4, -0.2) is 12.4 Å². The van der Waals surface area contributed by atoms with Crippen LogP contribution in [0.5, 0.6) is 5.75 Å². The van der Waals surface area contributed by atoms with Crippen molar-refractivity contribution in [3.63, 3.8) is 0 Å². The minimum Gasteiger partial charge on any atom is -0.490 e. The molecular weight excluding hydrogens is 188 g/mol. The molecule has 1 atom stereocenters. The van der Waals surface area contributed by atoms with Gasteiger partial charge in [0.05, 0.1) is 6.10 Å². The van der Waals surface area contributed by atoms with Gasteiger partial charge in [-0.05, 0) is 50.5 Å². The maximum atomic E-state index is 10.7. The molecule has 0 saturated carbocycles. The van der Waals surface area contributed by atoms with Gasteiger partial charge in [0.2, 0.25) is 0 Å². The van der Waals surface area contributed by atoms with Crippen molar-refractivity contribution < 1.29 is 9.53 Å². The molecule has 0 heterocycles. The zero-order valence-electron chi connectivity index (χ0n) is 9.83. The number of benzene rings is 1. The first kappa shape index (κ1) is 11.8. The summed E-state index contributed by atoms with van der Waals surface area (Å²) in [6.45, 7) is 8.08. The highest BCUT2D eigenvalue weighted by atomic mass is 16.5. The molecule has 1 aromatic rings. The van der Waals surface area contributed by atoms with E-state index in [1.54, 1.807) is 0 Å². The Morgan fingerprint density at radius 1 is 1.33 bits per heavy atom. The Morgan fingerprint density at radius 3 is 2.27 bits per heavy atom. The smallest absolute Gasteiger partial charge is 0.150 e. The van der Waals surface area contributed by atoms with Gasteiger partial charge in [-0.1, -0.05) is 6.92 Å². The third kappa shape index (κ3) is 2.82. The SMILES string of the molecule is CCC(C)Oc1c(C)cc(C=O)cc1C. The van der Waals surface area contributed by atoms with Crippen LogP contribution in [0.2, 0.25) is 0 Å². The Bertz CT molecular complexity index is 333. The van der Waals surface area contributed by atoms with Gasteiger partial charge in [0.1, 0.15) is 12.0 Å². The summed E-state index contributed by atoms with van der Waals surface area (Å²) >= 11 is 0. The van der Waals surface area contributed by atoms with Gasteiger partial charge < -0.3 is 4.74 Å². The first-order valence-electron chi connectivity index (χ1n) is 5.31. The maximum absolute atomic E-state index is 10.7. The average Bonchev–Trinajstić information content (AvgIpc) is 2.22. The highest BCUT2D eigenvalue weighted by Gasteiger charge is 2.08. The van der Waals surface area contributed by atoms with Crippen molar-refractivity contribution in [2.24, 2.45) is 0 Å². The van der Waals surface area contributed by atoms with Crippen molar-refractivity contribution in [3.8, 4) is 5.75 Å². The number of hydrogen-bond acceptors (Lipinski definition) is 2. The van der Waals surface area contributed by atoms with Gasteiger partial charge in [-0.3, -0.25) is 4.79 Å². The maximum Gasteiger partial charge on any atom is 0.150 e. The quantitative estimate of drug-likeness (QED) is 0.706. The molecule has 0 aliphatic heterocycles. The van der Waals surface area contributed by atoms with E-state index in [1.807, 2.05) is 32.9 Å². The molecule has 1 rings (SSSR count). The van der Waals surface area contributed by atoms with Crippen LogP contribution in [0.3, 0.4) is 0 Å². The van der Waals surface area contributed by atoms with Crippen LogP contribution < -0.4 is 4.74 Å². The van der Waals surface area contributed by atoms with Gasteiger partial charge >= 0.3 is 0 Å². The zero-order valence-corrected chi connectivity index (χ0v) is 9.83. The summed E-state index contributed by atoms with van der Waals surface area (Å²) in [6, 6.07) is 3.72. The molecule has 2 heteroatoms. The topological polar surface area (TPSA) is 26.3 Å². The van der Waals surface area contributed by atoms with Crippen LogP contribution in [0, 0.1) is 13.8 Å². The second kappa shape index (κ2) is 4.96. The molecule has 0 radical (unpaired) electrons. The van der Waals surface area contributed by atoms with E-state index in [1.165, 1.54) is 0 Å². The van der Waals surface area contributed by atoms with Gasteiger partial charge in [0, 0.05) is 5.56 Å². The third-order valence-electron chi connectivity index (χ3n) is 2.51. The number of carbonyl (C=O) groups excluding carboxylic acids is 1. The lowest BCUT2D eigenvalue weighted by Crippen LogP contribution is -2.11. The Labute approximate surface area is 91.3 Å². The standard InChI is InChI=1S/C13H18O2/c1-5-11(4)15-13-9(2)6-12(8-14)7-10(13)3/h6-8,11H,5H2,1-4H3. The molecular formula is C13H18O2. The summed E-state index contributed by atoms with van der Waals surface area (Å²) in [4.78, 5) is 10.7. The summed E-state index contributed by atoms with van der Waals surface area (Å²) in [5, 5.41) is 0. The summed E-state index contributed by atoms with van der Waals surface area (Å²) in [5.41, 5.74) is 2.76. The van der Waals surface area contributed by atoms with Crippen LogP contribution in [-0.2, 0) is 0 Å². The minimum absolute atomic E-state index is 0.212. The number of ether oxygens (including phenoxy) is 1. The van der Waals surface area contributed by atoms with Gasteiger partial charge in [0.25, 0.3) is 0 Å². The second-order valence-corrected chi connectivity index (χ2v) is 3.94. The molecule has 1 unspecified atom stereocenters. The fourth-order valence-corrected chi connectivity index (χ4v) is 1.52. The van der Waals surface area contributed by atoms with E-state index in [0.717, 1.165) is 29.6 Å². The largest absolute Gasteiger partial charge is 0.490 e. The second-order valence-electron chi connectivity index (χ2n) is 3.94. The first-order chi connectivity index (χ1) is 7.08. The van der Waals surface area contributed by atoms with Gasteiger partial charge in [-0.15, -0.1) is 0 Å². The number of rotatable bonds is 4. The molecule has 1 aromatic carbocycles. The highest BCUT2D eigenvalue weighted by molar-refractivity contribution is 5.76. The van der Waals surface area contributed by atoms with Crippen LogP contribution in [0.1, 0.15) is 41.8 Å². The van der Waals surface area contributed by atoms with Gasteiger partial charge in [-0.25, -0.2) is 0 Å². The molecule has 0 aromatic heterocycles. The normalized spacial score (nSPS) is 12.3. The van der Waals surface area contributed by atoms with E-state index in [9.17, 15) is 4.79 Å². The lowest BCUT2D eigenvalue weighted by Gasteiger charge is -2.17. The molecule has 0 N–H and O–H groups in total. The van der Waals surface area contributed by atoms with Gasteiger partial charge in [-0.2, -0.15) is 0 Å². The molecule has 0 bridgehead atoms. The van der Waals surface area contributed by atoms with E-state index in [4.69, 9.17) is 4.74 Å². The van der Waals surface area contributed by atoms with E-state index < -0.39 is 0 Å². The number of aryl methyl sites for hydroxylation is 2. The fraction of sp³-hybridized carbons (Fsp3) is 0.462. The number of carbonyl (C=O) groups is 1. The van der Waals surface area contributed by atoms with Crippen molar-refractivity contribution in [3.05, 3.63) is 28.8 Å². The molecule has 0 fully saturated rings. The van der Waals surface area contributed by atoms with Crippen LogP contribution in [0.25, 0.3) is 0 Å². The average molecular weight is 206 g/mol. The Hall–Kier alpha value is -1.31. The third-order valence-corrected chi connectivity index (χ3v) is 2.51. The van der Waals surface area contributed by atoms with Crippen molar-refractivity contribution in [1.29, 1.82) is 0 Å². The van der Waals surface area contributed by atoms with Crippen molar-refractivity contribution in [2.75, 3.05) is 0 Å². The molecule has 0 aliphatic rings. The van der Waals surface area contributed by atoms with E-state index in [-0.39, 0.29) is 6.10 Å². The Balaban J connectivity index is 3.02. The molecule has 0 amide bonds. The van der Waals surface area contributed by atoms with Crippen LogP contribution in [0.15, 0.2) is 12.1 Å². The summed E-state index contributed by atoms with van der Waals surface area (Å²) in [5.74, 6) is 0.912. The zero-order chi connectivity index (χ0) is 11.4. The molecule has 0 aliphatic carbocycles. The predicted molar refractivity (Wildman–Crippen MR) is 61.7 cm³/mol. The monoisotopic (exact) mass is 206 g/mol. The highest BCUT2D eigenvalue weighted by Crippen LogP contribution is 2.25. The summed E-state index contributed by atoms with van der Waals surface area (Å²) in [6.07, 6.45) is 2.06. The first-order valence-corrected chi connectivity index (χ1v) is 5.31. The van der Waals surface area contributed by atoms with Crippen LogP contribution in [0.4, 0.5) is 0 Å². The van der Waals surface area contributed by atoms with E-state index in [0.29, 0.717) is 5.56 Å². The molecule has 0 spiro atoms. The predicted octanol–water partition coefficient (Wildman–Crippen LogP) is 3.29. The van der Waals surface area contributed by atoms with Gasteiger partial charge in [0.15, 0.2) is 0 Å². The van der Waals surface area contributed by atoms with E-state index in [2.05, 4.69) is 6.92 Å². The lowest BCUT2D eigenvalue weighted by atomic mass is 10.1. The molecule has 15 heavy (non-hydrogen) atoms. The Kier molecular flexibility index (Phi) is 3.89. The Morgan fingerprint density at radius 2 is 1.87 bits per heavy atom. The molecule has 82 valence electrons. The van der Waals surface area contributed by atoms with E-state index >= 15 is 0 Å². The number of hydrogen-bond donors (Lipinski definition) is 0. The minimum atomic E-state index is 0.212. The van der Waals surface area contributed by atoms with Crippen molar-refractivity contribution in [1.82, 2.24) is 0 Å². The lowest BCUT2D eigenvalue weighted by molar-refractivity contribution is 0.112. The molecule has 2 nitrogen and oxygen atoms in total. The van der Waals surface area contributed by atoms with Crippen LogP contribution >= 0.6 is 0 Å².